The molecule has 3 N–H and O–H groups in total. The summed E-state index contributed by atoms with van der Waals surface area (Å²) in [6.07, 6.45) is 1.50. The van der Waals surface area contributed by atoms with Gasteiger partial charge in [0.2, 0.25) is 11.9 Å². The molecular formula is C20H18ClN5O2. The zero-order chi connectivity index (χ0) is 19.9. The number of halogens is 1. The minimum Gasteiger partial charge on any atom is -0.350 e. The van der Waals surface area contributed by atoms with E-state index in [0.717, 1.165) is 5.56 Å². The van der Waals surface area contributed by atoms with Crippen LogP contribution >= 0.6 is 11.6 Å². The summed E-state index contributed by atoms with van der Waals surface area (Å²) in [5.41, 5.74) is 2.24. The predicted molar refractivity (Wildman–Crippen MR) is 110 cm³/mol. The molecule has 3 rings (SSSR count). The molecule has 0 aliphatic heterocycles. The second-order valence-corrected chi connectivity index (χ2v) is 6.33. The number of benzene rings is 2. The lowest BCUT2D eigenvalue weighted by molar-refractivity contribution is -0.114. The number of hydrogen-bond acceptors (Lipinski definition) is 5. The van der Waals surface area contributed by atoms with E-state index < -0.39 is 0 Å². The van der Waals surface area contributed by atoms with E-state index in [4.69, 9.17) is 11.6 Å². The van der Waals surface area contributed by atoms with Crippen LogP contribution in [0.5, 0.6) is 0 Å². The van der Waals surface area contributed by atoms with Gasteiger partial charge in [0.15, 0.2) is 0 Å². The number of nitrogens with zero attached hydrogens (tertiary/aromatic N) is 2. The maximum atomic E-state index is 12.5. The van der Waals surface area contributed by atoms with Crippen LogP contribution in [0.15, 0.2) is 60.8 Å². The number of amides is 2. The number of rotatable bonds is 6. The van der Waals surface area contributed by atoms with Crippen molar-refractivity contribution in [1.82, 2.24) is 9.97 Å². The number of nitrogens with one attached hydrogen (secondary N) is 3. The first-order chi connectivity index (χ1) is 13.5. The molecule has 8 heteroatoms. The van der Waals surface area contributed by atoms with E-state index in [1.165, 1.54) is 19.2 Å². The maximum absolute atomic E-state index is 12.5. The number of carbonyl (C=O) groups excluding carboxylic acids is 2. The highest BCUT2D eigenvalue weighted by Gasteiger charge is 2.10. The molecule has 0 saturated heterocycles. The van der Waals surface area contributed by atoms with Crippen molar-refractivity contribution >= 4 is 40.7 Å². The van der Waals surface area contributed by atoms with Gasteiger partial charge in [0, 0.05) is 36.1 Å². The topological polar surface area (TPSA) is 96.0 Å². The van der Waals surface area contributed by atoms with Crippen LogP contribution < -0.4 is 16.0 Å². The van der Waals surface area contributed by atoms with Gasteiger partial charge in [-0.1, -0.05) is 35.9 Å². The number of hydrogen-bond donors (Lipinski definition) is 3. The highest BCUT2D eigenvalue weighted by Crippen LogP contribution is 2.17. The van der Waals surface area contributed by atoms with Crippen LogP contribution in [-0.4, -0.2) is 21.8 Å². The average Bonchev–Trinajstić information content (AvgIpc) is 2.67. The number of anilines is 3. The van der Waals surface area contributed by atoms with E-state index in [9.17, 15) is 9.59 Å². The molecule has 2 amide bonds. The normalized spacial score (nSPS) is 10.2. The molecule has 7 nitrogen and oxygen atoms in total. The van der Waals surface area contributed by atoms with E-state index in [1.54, 1.807) is 30.3 Å². The van der Waals surface area contributed by atoms with Crippen LogP contribution in [0.2, 0.25) is 5.02 Å². The first-order valence-corrected chi connectivity index (χ1v) is 8.88. The zero-order valence-electron chi connectivity index (χ0n) is 15.1. The van der Waals surface area contributed by atoms with Crippen LogP contribution in [0.25, 0.3) is 0 Å². The Kier molecular flexibility index (Phi) is 6.18. The summed E-state index contributed by atoms with van der Waals surface area (Å²) in [6, 6.07) is 15.8. The van der Waals surface area contributed by atoms with Crippen LogP contribution in [0.3, 0.4) is 0 Å². The molecule has 0 atom stereocenters. The zero-order valence-corrected chi connectivity index (χ0v) is 15.8. The van der Waals surface area contributed by atoms with Gasteiger partial charge in [-0.25, -0.2) is 9.97 Å². The van der Waals surface area contributed by atoms with E-state index in [1.807, 2.05) is 18.2 Å². The highest BCUT2D eigenvalue weighted by atomic mass is 35.5. The molecule has 0 aliphatic rings. The molecule has 0 radical (unpaired) electrons. The largest absolute Gasteiger partial charge is 0.350 e. The van der Waals surface area contributed by atoms with Gasteiger partial charge in [-0.3, -0.25) is 9.59 Å². The molecular weight excluding hydrogens is 378 g/mol. The van der Waals surface area contributed by atoms with E-state index in [0.29, 0.717) is 28.9 Å². The second kappa shape index (κ2) is 8.96. The van der Waals surface area contributed by atoms with Gasteiger partial charge in [-0.2, -0.15) is 0 Å². The fraction of sp³-hybridized carbons (Fsp3) is 0.100. The lowest BCUT2D eigenvalue weighted by Gasteiger charge is -2.09. The van der Waals surface area contributed by atoms with Crippen molar-refractivity contribution in [3.8, 4) is 0 Å². The predicted octanol–water partition coefficient (Wildman–Crippen LogP) is 3.95. The van der Waals surface area contributed by atoms with Crippen molar-refractivity contribution in [1.29, 1.82) is 0 Å². The molecule has 1 heterocycles. The summed E-state index contributed by atoms with van der Waals surface area (Å²) in [4.78, 5) is 32.0. The third-order valence-corrected chi connectivity index (χ3v) is 4.09. The second-order valence-electron chi connectivity index (χ2n) is 5.93. The minimum absolute atomic E-state index is 0.187. The van der Waals surface area contributed by atoms with Crippen molar-refractivity contribution in [3.05, 3.63) is 77.1 Å². The van der Waals surface area contributed by atoms with Gasteiger partial charge in [0.1, 0.15) is 5.69 Å². The summed E-state index contributed by atoms with van der Waals surface area (Å²) < 4.78 is 0. The lowest BCUT2D eigenvalue weighted by atomic mass is 10.2. The summed E-state index contributed by atoms with van der Waals surface area (Å²) in [5, 5.41) is 9.12. The number of aromatic nitrogens is 2. The lowest BCUT2D eigenvalue weighted by Crippen LogP contribution is -2.15. The van der Waals surface area contributed by atoms with Crippen LogP contribution in [0.1, 0.15) is 23.0 Å². The minimum atomic E-state index is -0.386. The fourth-order valence-corrected chi connectivity index (χ4v) is 2.66. The van der Waals surface area contributed by atoms with Crippen molar-refractivity contribution in [2.45, 2.75) is 13.5 Å². The summed E-state index contributed by atoms with van der Waals surface area (Å²) in [7, 11) is 0. The Morgan fingerprint density at radius 1 is 1.00 bits per heavy atom. The SMILES string of the molecule is CC(=O)Nc1cccc(NC(=O)c2ccnc(NCc3ccccc3Cl)n2)c1. The Balaban J connectivity index is 1.67. The van der Waals surface area contributed by atoms with Crippen molar-refractivity contribution in [2.24, 2.45) is 0 Å². The van der Waals surface area contributed by atoms with Crippen LogP contribution in [0, 0.1) is 0 Å². The molecule has 142 valence electrons. The summed E-state index contributed by atoms with van der Waals surface area (Å²) >= 11 is 6.14. The standard InChI is InChI=1S/C20H18ClN5O2/c1-13(27)24-15-6-4-7-16(11-15)25-19(28)18-9-10-22-20(26-18)23-12-14-5-2-3-8-17(14)21/h2-11H,12H2,1H3,(H,24,27)(H,25,28)(H,22,23,26). The molecule has 0 bridgehead atoms. The summed E-state index contributed by atoms with van der Waals surface area (Å²) in [6.45, 7) is 1.85. The molecule has 0 aliphatic carbocycles. The molecule has 2 aromatic carbocycles. The number of carbonyl (C=O) groups is 2. The van der Waals surface area contributed by atoms with E-state index in [2.05, 4.69) is 25.9 Å². The monoisotopic (exact) mass is 395 g/mol. The quantitative estimate of drug-likeness (QED) is 0.587. The third kappa shape index (κ3) is 5.28. The molecule has 0 saturated carbocycles. The molecule has 0 fully saturated rings. The van der Waals surface area contributed by atoms with Crippen molar-refractivity contribution in [3.63, 3.8) is 0 Å². The van der Waals surface area contributed by atoms with Gasteiger partial charge >= 0.3 is 0 Å². The van der Waals surface area contributed by atoms with Crippen molar-refractivity contribution in [2.75, 3.05) is 16.0 Å². The smallest absolute Gasteiger partial charge is 0.274 e. The summed E-state index contributed by atoms with van der Waals surface area (Å²) in [5.74, 6) is -0.253. The first kappa shape index (κ1) is 19.3. The Bertz CT molecular complexity index is 1010. The van der Waals surface area contributed by atoms with Crippen LogP contribution in [-0.2, 0) is 11.3 Å². The van der Waals surface area contributed by atoms with Gasteiger partial charge in [-0.05, 0) is 35.9 Å². The average molecular weight is 396 g/mol. The molecule has 1 aromatic heterocycles. The fourth-order valence-electron chi connectivity index (χ4n) is 2.46. The van der Waals surface area contributed by atoms with Gasteiger partial charge in [0.05, 0.1) is 0 Å². The van der Waals surface area contributed by atoms with E-state index in [-0.39, 0.29) is 17.5 Å². The third-order valence-electron chi connectivity index (χ3n) is 3.72. The molecule has 3 aromatic rings. The molecule has 0 spiro atoms. The maximum Gasteiger partial charge on any atom is 0.274 e. The highest BCUT2D eigenvalue weighted by molar-refractivity contribution is 6.31. The Morgan fingerprint density at radius 2 is 1.75 bits per heavy atom. The van der Waals surface area contributed by atoms with Gasteiger partial charge in [0.25, 0.3) is 5.91 Å². The molecule has 0 unspecified atom stereocenters. The molecule has 28 heavy (non-hydrogen) atoms. The van der Waals surface area contributed by atoms with Gasteiger partial charge < -0.3 is 16.0 Å². The Morgan fingerprint density at radius 3 is 2.50 bits per heavy atom. The Hall–Kier alpha value is -3.45. The van der Waals surface area contributed by atoms with Crippen molar-refractivity contribution < 1.29 is 9.59 Å². The first-order valence-electron chi connectivity index (χ1n) is 8.50. The van der Waals surface area contributed by atoms with E-state index >= 15 is 0 Å². The Labute approximate surface area is 167 Å². The van der Waals surface area contributed by atoms with Crippen LogP contribution in [0.4, 0.5) is 17.3 Å². The van der Waals surface area contributed by atoms with Gasteiger partial charge in [-0.15, -0.1) is 0 Å².